The van der Waals surface area contributed by atoms with E-state index in [1.807, 2.05) is 0 Å². The number of halogens is 1. The highest BCUT2D eigenvalue weighted by molar-refractivity contribution is 7.92. The second-order valence-electron chi connectivity index (χ2n) is 6.84. The summed E-state index contributed by atoms with van der Waals surface area (Å²) in [6, 6.07) is 18.7. The molecule has 8 nitrogen and oxygen atoms in total. The van der Waals surface area contributed by atoms with Crippen LogP contribution in [0.2, 0.25) is 5.02 Å². The topological polar surface area (TPSA) is 111 Å². The fraction of sp³-hybridized carbons (Fsp3) is 0.130. The SMILES string of the molecule is COc1ccc(NS(=O)(=O)c2cccc(C(=O)OCC(=O)NCc3cccc(Cl)c3)c2)cc1. The lowest BCUT2D eigenvalue weighted by Crippen LogP contribution is -2.28. The Morgan fingerprint density at radius 2 is 1.70 bits per heavy atom. The van der Waals surface area contributed by atoms with Gasteiger partial charge in [-0.1, -0.05) is 29.8 Å². The first kappa shape index (κ1) is 24.1. The summed E-state index contributed by atoms with van der Waals surface area (Å²) in [5.41, 5.74) is 1.12. The lowest BCUT2D eigenvalue weighted by molar-refractivity contribution is -0.124. The molecule has 33 heavy (non-hydrogen) atoms. The van der Waals surface area contributed by atoms with E-state index in [4.69, 9.17) is 21.1 Å². The van der Waals surface area contributed by atoms with Crippen molar-refractivity contribution in [1.82, 2.24) is 5.32 Å². The third kappa shape index (κ3) is 6.96. The second kappa shape index (κ2) is 10.8. The standard InChI is InChI=1S/C23H21ClN2O6S/c1-31-20-10-8-19(9-11-20)26-33(29,30)21-7-3-5-17(13-21)23(28)32-15-22(27)25-14-16-4-2-6-18(24)12-16/h2-13,26H,14-15H2,1H3,(H,25,27). The maximum Gasteiger partial charge on any atom is 0.338 e. The highest BCUT2D eigenvalue weighted by Gasteiger charge is 2.18. The van der Waals surface area contributed by atoms with Gasteiger partial charge in [-0.25, -0.2) is 13.2 Å². The lowest BCUT2D eigenvalue weighted by Gasteiger charge is -2.10. The van der Waals surface area contributed by atoms with Gasteiger partial charge in [0.15, 0.2) is 6.61 Å². The molecule has 0 saturated carbocycles. The highest BCUT2D eigenvalue weighted by Crippen LogP contribution is 2.20. The first-order valence-corrected chi connectivity index (χ1v) is 11.6. The van der Waals surface area contributed by atoms with Crippen LogP contribution in [0.5, 0.6) is 5.75 Å². The Kier molecular flexibility index (Phi) is 7.92. The average molecular weight is 489 g/mol. The smallest absolute Gasteiger partial charge is 0.338 e. The number of esters is 1. The number of carbonyl (C=O) groups excluding carboxylic acids is 2. The minimum atomic E-state index is -3.95. The second-order valence-corrected chi connectivity index (χ2v) is 8.96. The van der Waals surface area contributed by atoms with Gasteiger partial charge in [0.1, 0.15) is 5.75 Å². The average Bonchev–Trinajstić information content (AvgIpc) is 2.81. The number of amides is 1. The number of carbonyl (C=O) groups is 2. The largest absolute Gasteiger partial charge is 0.497 e. The molecule has 0 heterocycles. The van der Waals surface area contributed by atoms with Gasteiger partial charge in [0, 0.05) is 17.3 Å². The molecular formula is C23H21ClN2O6S. The molecular weight excluding hydrogens is 468 g/mol. The summed E-state index contributed by atoms with van der Waals surface area (Å²) in [6.07, 6.45) is 0. The number of rotatable bonds is 9. The van der Waals surface area contributed by atoms with E-state index in [-0.39, 0.29) is 17.0 Å². The van der Waals surface area contributed by atoms with Gasteiger partial charge in [0.05, 0.1) is 17.6 Å². The molecule has 172 valence electrons. The van der Waals surface area contributed by atoms with Crippen molar-refractivity contribution in [2.24, 2.45) is 0 Å². The van der Waals surface area contributed by atoms with Crippen LogP contribution in [0.4, 0.5) is 5.69 Å². The predicted molar refractivity (Wildman–Crippen MR) is 124 cm³/mol. The van der Waals surface area contributed by atoms with Crippen LogP contribution < -0.4 is 14.8 Å². The van der Waals surface area contributed by atoms with E-state index in [1.165, 1.54) is 31.4 Å². The maximum atomic E-state index is 12.7. The minimum absolute atomic E-state index is 0.00440. The Morgan fingerprint density at radius 3 is 2.39 bits per heavy atom. The fourth-order valence-electron chi connectivity index (χ4n) is 2.78. The zero-order valence-corrected chi connectivity index (χ0v) is 19.2. The van der Waals surface area contributed by atoms with Gasteiger partial charge in [-0.2, -0.15) is 0 Å². The molecule has 0 bridgehead atoms. The Hall–Kier alpha value is -3.56. The summed E-state index contributed by atoms with van der Waals surface area (Å²) < 4.78 is 37.8. The van der Waals surface area contributed by atoms with Crippen molar-refractivity contribution in [3.8, 4) is 5.75 Å². The number of nitrogens with one attached hydrogen (secondary N) is 2. The zero-order valence-electron chi connectivity index (χ0n) is 17.6. The van der Waals surface area contributed by atoms with E-state index in [1.54, 1.807) is 48.5 Å². The van der Waals surface area contributed by atoms with Crippen molar-refractivity contribution in [2.45, 2.75) is 11.4 Å². The molecule has 0 radical (unpaired) electrons. The van der Waals surface area contributed by atoms with E-state index in [0.717, 1.165) is 5.56 Å². The van der Waals surface area contributed by atoms with Gasteiger partial charge in [0.2, 0.25) is 0 Å². The molecule has 0 aromatic heterocycles. The third-order valence-corrected chi connectivity index (χ3v) is 6.05. The van der Waals surface area contributed by atoms with Crippen molar-refractivity contribution in [2.75, 3.05) is 18.4 Å². The molecule has 3 aromatic carbocycles. The van der Waals surface area contributed by atoms with Crippen molar-refractivity contribution in [1.29, 1.82) is 0 Å². The molecule has 0 spiro atoms. The fourth-order valence-corrected chi connectivity index (χ4v) is 4.09. The Balaban J connectivity index is 1.58. The number of anilines is 1. The van der Waals surface area contributed by atoms with Crippen LogP contribution in [0, 0.1) is 0 Å². The number of ether oxygens (including phenoxy) is 2. The van der Waals surface area contributed by atoms with E-state index in [0.29, 0.717) is 16.5 Å². The predicted octanol–water partition coefficient (Wildman–Crippen LogP) is 3.62. The number of benzene rings is 3. The molecule has 0 saturated heterocycles. The summed E-state index contributed by atoms with van der Waals surface area (Å²) >= 11 is 5.90. The first-order valence-electron chi connectivity index (χ1n) is 9.72. The van der Waals surface area contributed by atoms with Gasteiger partial charge >= 0.3 is 5.97 Å². The van der Waals surface area contributed by atoms with E-state index >= 15 is 0 Å². The number of hydrogen-bond acceptors (Lipinski definition) is 6. The maximum absolute atomic E-state index is 12.7. The van der Waals surface area contributed by atoms with Crippen LogP contribution in [-0.4, -0.2) is 34.0 Å². The molecule has 0 unspecified atom stereocenters. The van der Waals surface area contributed by atoms with Crippen molar-refractivity contribution >= 4 is 39.2 Å². The monoisotopic (exact) mass is 488 g/mol. The molecule has 1 amide bonds. The normalized spacial score (nSPS) is 10.8. The Morgan fingerprint density at radius 1 is 0.970 bits per heavy atom. The van der Waals surface area contributed by atoms with Crippen molar-refractivity contribution < 1.29 is 27.5 Å². The van der Waals surface area contributed by atoms with E-state index < -0.39 is 28.5 Å². The van der Waals surface area contributed by atoms with Gasteiger partial charge in [-0.3, -0.25) is 9.52 Å². The molecule has 2 N–H and O–H groups in total. The first-order chi connectivity index (χ1) is 15.8. The third-order valence-electron chi connectivity index (χ3n) is 4.44. The van der Waals surface area contributed by atoms with Crippen LogP contribution in [0.15, 0.2) is 77.7 Å². The molecule has 3 rings (SSSR count). The molecule has 0 atom stereocenters. The molecule has 0 aliphatic heterocycles. The van der Waals surface area contributed by atoms with Gasteiger partial charge in [0.25, 0.3) is 15.9 Å². The van der Waals surface area contributed by atoms with Crippen LogP contribution >= 0.6 is 11.6 Å². The van der Waals surface area contributed by atoms with Crippen LogP contribution in [0.3, 0.4) is 0 Å². The van der Waals surface area contributed by atoms with Crippen molar-refractivity contribution in [3.05, 3.63) is 88.9 Å². The summed E-state index contributed by atoms with van der Waals surface area (Å²) in [7, 11) is -2.45. The molecule has 0 aliphatic carbocycles. The van der Waals surface area contributed by atoms with Crippen LogP contribution in [0.25, 0.3) is 0 Å². The Labute approximate surface area is 196 Å². The number of sulfonamides is 1. The highest BCUT2D eigenvalue weighted by atomic mass is 35.5. The quantitative estimate of drug-likeness (QED) is 0.445. The number of hydrogen-bond donors (Lipinski definition) is 2. The molecule has 10 heteroatoms. The van der Waals surface area contributed by atoms with Gasteiger partial charge in [-0.05, 0) is 60.2 Å². The zero-order chi connectivity index (χ0) is 23.8. The van der Waals surface area contributed by atoms with Crippen LogP contribution in [-0.2, 0) is 26.1 Å². The summed E-state index contributed by atoms with van der Waals surface area (Å²) in [5.74, 6) is -0.748. The molecule has 3 aromatic rings. The number of methoxy groups -OCH3 is 1. The van der Waals surface area contributed by atoms with E-state index in [9.17, 15) is 18.0 Å². The van der Waals surface area contributed by atoms with Gasteiger partial charge in [-0.15, -0.1) is 0 Å². The minimum Gasteiger partial charge on any atom is -0.497 e. The summed E-state index contributed by atoms with van der Waals surface area (Å²) in [4.78, 5) is 24.2. The summed E-state index contributed by atoms with van der Waals surface area (Å²) in [6.45, 7) is -0.290. The van der Waals surface area contributed by atoms with Crippen LogP contribution in [0.1, 0.15) is 15.9 Å². The lowest BCUT2D eigenvalue weighted by atomic mass is 10.2. The van der Waals surface area contributed by atoms with Crippen molar-refractivity contribution in [3.63, 3.8) is 0 Å². The molecule has 0 fully saturated rings. The van der Waals surface area contributed by atoms with E-state index in [2.05, 4.69) is 10.0 Å². The van der Waals surface area contributed by atoms with Gasteiger partial charge < -0.3 is 14.8 Å². The molecule has 0 aliphatic rings. The summed E-state index contributed by atoms with van der Waals surface area (Å²) in [5, 5.41) is 3.16. The Bertz CT molecular complexity index is 1250.